The average Bonchev–Trinajstić information content (AvgIpc) is 3.04. The second-order valence-electron chi connectivity index (χ2n) is 4.82. The molecular weight excluding hydrogens is 281 g/mol. The van der Waals surface area contributed by atoms with Gasteiger partial charge in [-0.3, -0.25) is 4.79 Å². The third-order valence-electron chi connectivity index (χ3n) is 3.21. The van der Waals surface area contributed by atoms with E-state index in [9.17, 15) is 9.18 Å². The lowest BCUT2D eigenvalue weighted by Gasteiger charge is -2.04. The van der Waals surface area contributed by atoms with Crippen LogP contribution in [0.1, 0.15) is 15.9 Å². The number of nitrogens with zero attached hydrogens (tertiary/aromatic N) is 2. The number of para-hydroxylation sites is 1. The highest BCUT2D eigenvalue weighted by Gasteiger charge is 2.09. The van der Waals surface area contributed by atoms with E-state index in [1.807, 2.05) is 30.3 Å². The van der Waals surface area contributed by atoms with Gasteiger partial charge in [0.25, 0.3) is 5.91 Å². The number of rotatable bonds is 4. The van der Waals surface area contributed by atoms with Gasteiger partial charge in [-0.2, -0.15) is 5.10 Å². The molecule has 0 saturated carbocycles. The van der Waals surface area contributed by atoms with Crippen molar-refractivity contribution in [1.29, 1.82) is 0 Å². The van der Waals surface area contributed by atoms with Crippen molar-refractivity contribution in [1.82, 2.24) is 15.1 Å². The van der Waals surface area contributed by atoms with Gasteiger partial charge in [-0.1, -0.05) is 30.3 Å². The summed E-state index contributed by atoms with van der Waals surface area (Å²) >= 11 is 0. The Morgan fingerprint density at radius 2 is 1.95 bits per heavy atom. The molecule has 1 aromatic heterocycles. The van der Waals surface area contributed by atoms with Gasteiger partial charge in [0.05, 0.1) is 17.4 Å². The summed E-state index contributed by atoms with van der Waals surface area (Å²) in [4.78, 5) is 12.1. The zero-order valence-electron chi connectivity index (χ0n) is 11.7. The second kappa shape index (κ2) is 6.22. The summed E-state index contributed by atoms with van der Waals surface area (Å²) in [7, 11) is 0. The Morgan fingerprint density at radius 1 is 1.14 bits per heavy atom. The highest BCUT2D eigenvalue weighted by atomic mass is 19.1. The number of benzene rings is 2. The summed E-state index contributed by atoms with van der Waals surface area (Å²) in [6, 6.07) is 15.7. The van der Waals surface area contributed by atoms with Crippen molar-refractivity contribution in [2.24, 2.45) is 0 Å². The lowest BCUT2D eigenvalue weighted by molar-refractivity contribution is 0.0951. The molecule has 4 nitrogen and oxygen atoms in total. The monoisotopic (exact) mass is 295 g/mol. The Hall–Kier alpha value is -2.95. The summed E-state index contributed by atoms with van der Waals surface area (Å²) in [5, 5.41) is 6.92. The van der Waals surface area contributed by atoms with Crippen molar-refractivity contribution >= 4 is 5.91 Å². The fourth-order valence-corrected chi connectivity index (χ4v) is 2.09. The summed E-state index contributed by atoms with van der Waals surface area (Å²) in [6.45, 7) is 0.271. The Labute approximate surface area is 127 Å². The third kappa shape index (κ3) is 3.20. The number of halogens is 1. The largest absolute Gasteiger partial charge is 0.348 e. The minimum atomic E-state index is -0.316. The first-order valence-corrected chi connectivity index (χ1v) is 6.85. The number of aromatic nitrogens is 2. The normalized spacial score (nSPS) is 10.4. The van der Waals surface area contributed by atoms with Crippen LogP contribution in [0.25, 0.3) is 5.69 Å². The minimum Gasteiger partial charge on any atom is -0.348 e. The number of nitrogens with one attached hydrogen (secondary N) is 1. The van der Waals surface area contributed by atoms with Gasteiger partial charge in [-0.05, 0) is 29.8 Å². The molecule has 3 aromatic rings. The van der Waals surface area contributed by atoms with Crippen LogP contribution in [0, 0.1) is 5.82 Å². The van der Waals surface area contributed by atoms with E-state index in [0.29, 0.717) is 11.1 Å². The van der Waals surface area contributed by atoms with Crippen LogP contribution in [0.4, 0.5) is 4.39 Å². The molecule has 0 aliphatic heterocycles. The molecular formula is C17H14FN3O. The molecule has 2 aromatic carbocycles. The molecule has 1 heterocycles. The predicted molar refractivity (Wildman–Crippen MR) is 81.1 cm³/mol. The Bertz CT molecular complexity index is 783. The van der Waals surface area contributed by atoms with Crippen molar-refractivity contribution < 1.29 is 9.18 Å². The van der Waals surface area contributed by atoms with Gasteiger partial charge in [0.15, 0.2) is 0 Å². The molecule has 0 saturated heterocycles. The quantitative estimate of drug-likeness (QED) is 0.804. The van der Waals surface area contributed by atoms with E-state index >= 15 is 0 Å². The Morgan fingerprint density at radius 3 is 2.73 bits per heavy atom. The summed E-state index contributed by atoms with van der Waals surface area (Å²) in [5.41, 5.74) is 2.05. The van der Waals surface area contributed by atoms with Crippen LogP contribution >= 0.6 is 0 Å². The molecule has 5 heteroatoms. The van der Waals surface area contributed by atoms with Gasteiger partial charge in [0, 0.05) is 12.7 Å². The van der Waals surface area contributed by atoms with Crippen molar-refractivity contribution in [3.05, 3.63) is 83.9 Å². The fourth-order valence-electron chi connectivity index (χ4n) is 2.09. The smallest absolute Gasteiger partial charge is 0.254 e. The maximum absolute atomic E-state index is 13.1. The van der Waals surface area contributed by atoms with Gasteiger partial charge in [-0.15, -0.1) is 0 Å². The van der Waals surface area contributed by atoms with Crippen LogP contribution in [-0.2, 0) is 6.54 Å². The second-order valence-corrected chi connectivity index (χ2v) is 4.82. The van der Waals surface area contributed by atoms with Crippen LogP contribution in [0.2, 0.25) is 0 Å². The standard InChI is InChI=1S/C17H14FN3O/c18-15-6-4-5-13(9-15)10-19-17(22)14-11-20-21(12-14)16-7-2-1-3-8-16/h1-9,11-12H,10H2,(H,19,22). The molecule has 0 spiro atoms. The van der Waals surface area contributed by atoms with E-state index in [2.05, 4.69) is 10.4 Å². The van der Waals surface area contributed by atoms with Crippen LogP contribution < -0.4 is 5.32 Å². The van der Waals surface area contributed by atoms with Crippen molar-refractivity contribution in [3.63, 3.8) is 0 Å². The third-order valence-corrected chi connectivity index (χ3v) is 3.21. The van der Waals surface area contributed by atoms with Gasteiger partial charge >= 0.3 is 0 Å². The number of amides is 1. The first-order valence-electron chi connectivity index (χ1n) is 6.85. The molecule has 0 radical (unpaired) electrons. The van der Waals surface area contributed by atoms with E-state index in [-0.39, 0.29) is 18.3 Å². The number of carbonyl (C=O) groups is 1. The van der Waals surface area contributed by atoms with Gasteiger partial charge in [0.1, 0.15) is 5.82 Å². The van der Waals surface area contributed by atoms with E-state index in [1.54, 1.807) is 23.0 Å². The zero-order valence-corrected chi connectivity index (χ0v) is 11.7. The highest BCUT2D eigenvalue weighted by molar-refractivity contribution is 5.93. The lowest BCUT2D eigenvalue weighted by Crippen LogP contribution is -2.22. The molecule has 0 aliphatic rings. The minimum absolute atomic E-state index is 0.244. The van der Waals surface area contributed by atoms with Crippen LogP contribution in [0.15, 0.2) is 67.0 Å². The van der Waals surface area contributed by atoms with E-state index < -0.39 is 0 Å². The van der Waals surface area contributed by atoms with E-state index in [4.69, 9.17) is 0 Å². The predicted octanol–water partition coefficient (Wildman–Crippen LogP) is 2.94. The Kier molecular flexibility index (Phi) is 3.96. The van der Waals surface area contributed by atoms with Crippen molar-refractivity contribution in [2.45, 2.75) is 6.54 Å². The molecule has 0 aliphatic carbocycles. The maximum Gasteiger partial charge on any atom is 0.254 e. The molecule has 1 amide bonds. The van der Waals surface area contributed by atoms with Crippen molar-refractivity contribution in [2.75, 3.05) is 0 Å². The number of hydrogen-bond acceptors (Lipinski definition) is 2. The first-order chi connectivity index (χ1) is 10.7. The molecule has 0 bridgehead atoms. The molecule has 110 valence electrons. The van der Waals surface area contributed by atoms with Crippen LogP contribution in [0.3, 0.4) is 0 Å². The number of carbonyl (C=O) groups excluding carboxylic acids is 1. The van der Waals surface area contributed by atoms with E-state index in [0.717, 1.165) is 5.69 Å². The van der Waals surface area contributed by atoms with E-state index in [1.165, 1.54) is 18.3 Å². The van der Waals surface area contributed by atoms with Crippen LogP contribution in [-0.4, -0.2) is 15.7 Å². The molecule has 1 N–H and O–H groups in total. The molecule has 0 unspecified atom stereocenters. The Balaban J connectivity index is 1.67. The SMILES string of the molecule is O=C(NCc1cccc(F)c1)c1cnn(-c2ccccc2)c1. The highest BCUT2D eigenvalue weighted by Crippen LogP contribution is 2.08. The molecule has 3 rings (SSSR count). The maximum atomic E-state index is 13.1. The summed E-state index contributed by atoms with van der Waals surface area (Å²) in [6.07, 6.45) is 3.17. The number of hydrogen-bond donors (Lipinski definition) is 1. The van der Waals surface area contributed by atoms with Gasteiger partial charge in [-0.25, -0.2) is 9.07 Å². The topological polar surface area (TPSA) is 46.9 Å². The van der Waals surface area contributed by atoms with Crippen molar-refractivity contribution in [3.8, 4) is 5.69 Å². The van der Waals surface area contributed by atoms with Gasteiger partial charge < -0.3 is 5.32 Å². The first kappa shape index (κ1) is 14.0. The van der Waals surface area contributed by atoms with Gasteiger partial charge in [0.2, 0.25) is 0 Å². The zero-order chi connectivity index (χ0) is 15.4. The molecule has 22 heavy (non-hydrogen) atoms. The molecule has 0 atom stereocenters. The fraction of sp³-hybridized carbons (Fsp3) is 0.0588. The average molecular weight is 295 g/mol. The summed E-state index contributed by atoms with van der Waals surface area (Å²) in [5.74, 6) is -0.560. The molecule has 0 fully saturated rings. The summed E-state index contributed by atoms with van der Waals surface area (Å²) < 4.78 is 14.7. The van der Waals surface area contributed by atoms with Crippen LogP contribution in [0.5, 0.6) is 0 Å². The lowest BCUT2D eigenvalue weighted by atomic mass is 10.2.